The molecule has 1 N–H and O–H groups in total. The SMILES string of the molecule is Cc1ccc(NC(C#N)c2ccc(C(C)C)cc2)cc1. The molecule has 1 unspecified atom stereocenters. The van der Waals surface area contributed by atoms with Crippen molar-refractivity contribution in [3.05, 3.63) is 65.2 Å². The van der Waals surface area contributed by atoms with Gasteiger partial charge in [-0.3, -0.25) is 0 Å². The standard InChI is InChI=1S/C18H20N2/c1-13(2)15-6-8-16(9-7-15)18(12-19)20-17-10-4-14(3)5-11-17/h4-11,13,18,20H,1-3H3. The third-order valence-corrected chi connectivity index (χ3v) is 3.43. The number of nitriles is 1. The molecule has 20 heavy (non-hydrogen) atoms. The molecule has 2 nitrogen and oxygen atoms in total. The molecule has 2 heteroatoms. The highest BCUT2D eigenvalue weighted by molar-refractivity contribution is 5.48. The summed E-state index contributed by atoms with van der Waals surface area (Å²) in [5.74, 6) is 0.509. The fourth-order valence-electron chi connectivity index (χ4n) is 2.08. The van der Waals surface area contributed by atoms with Crippen molar-refractivity contribution in [1.82, 2.24) is 0 Å². The summed E-state index contributed by atoms with van der Waals surface area (Å²) >= 11 is 0. The third-order valence-electron chi connectivity index (χ3n) is 3.43. The van der Waals surface area contributed by atoms with Crippen LogP contribution in [0.3, 0.4) is 0 Å². The Kier molecular flexibility index (Phi) is 4.42. The molecule has 0 fully saturated rings. The largest absolute Gasteiger partial charge is 0.366 e. The predicted octanol–water partition coefficient (Wildman–Crippen LogP) is 4.80. The molecule has 0 spiro atoms. The summed E-state index contributed by atoms with van der Waals surface area (Å²) in [7, 11) is 0. The van der Waals surface area contributed by atoms with Crippen LogP contribution in [0.25, 0.3) is 0 Å². The van der Waals surface area contributed by atoms with E-state index in [9.17, 15) is 5.26 Å². The average molecular weight is 264 g/mol. The summed E-state index contributed by atoms with van der Waals surface area (Å²) < 4.78 is 0. The lowest BCUT2D eigenvalue weighted by Gasteiger charge is -2.14. The van der Waals surface area contributed by atoms with Crippen LogP contribution in [0.5, 0.6) is 0 Å². The van der Waals surface area contributed by atoms with Gasteiger partial charge in [-0.1, -0.05) is 55.8 Å². The number of anilines is 1. The van der Waals surface area contributed by atoms with E-state index in [1.165, 1.54) is 11.1 Å². The van der Waals surface area contributed by atoms with E-state index in [2.05, 4.69) is 44.3 Å². The second-order valence-corrected chi connectivity index (χ2v) is 5.39. The van der Waals surface area contributed by atoms with Crippen LogP contribution < -0.4 is 5.32 Å². The summed E-state index contributed by atoms with van der Waals surface area (Å²) in [6, 6.07) is 18.3. The number of hydrogen-bond acceptors (Lipinski definition) is 2. The van der Waals surface area contributed by atoms with Crippen molar-refractivity contribution in [2.45, 2.75) is 32.7 Å². The zero-order valence-electron chi connectivity index (χ0n) is 12.2. The number of hydrogen-bond donors (Lipinski definition) is 1. The first-order valence-corrected chi connectivity index (χ1v) is 6.93. The van der Waals surface area contributed by atoms with E-state index in [0.29, 0.717) is 5.92 Å². The molecule has 0 aliphatic rings. The van der Waals surface area contributed by atoms with Crippen LogP contribution in [-0.4, -0.2) is 0 Å². The quantitative estimate of drug-likeness (QED) is 0.861. The van der Waals surface area contributed by atoms with Crippen LogP contribution >= 0.6 is 0 Å². The summed E-state index contributed by atoms with van der Waals surface area (Å²) in [5.41, 5.74) is 4.47. The van der Waals surface area contributed by atoms with Crippen LogP contribution in [0, 0.1) is 18.3 Å². The summed E-state index contributed by atoms with van der Waals surface area (Å²) in [6.07, 6.45) is 0. The predicted molar refractivity (Wildman–Crippen MR) is 83.7 cm³/mol. The van der Waals surface area contributed by atoms with Crippen LogP contribution in [0.1, 0.15) is 42.5 Å². The lowest BCUT2D eigenvalue weighted by atomic mass is 9.99. The molecule has 0 aliphatic carbocycles. The molecule has 2 aromatic carbocycles. The van der Waals surface area contributed by atoms with Gasteiger partial charge in [0, 0.05) is 5.69 Å². The lowest BCUT2D eigenvalue weighted by Crippen LogP contribution is -2.08. The second kappa shape index (κ2) is 6.25. The van der Waals surface area contributed by atoms with E-state index in [1.807, 2.05) is 36.4 Å². The molecule has 0 radical (unpaired) electrons. The van der Waals surface area contributed by atoms with Gasteiger partial charge in [-0.2, -0.15) is 5.26 Å². The van der Waals surface area contributed by atoms with Crippen molar-refractivity contribution in [2.75, 3.05) is 5.32 Å². The number of nitrogens with one attached hydrogen (secondary N) is 1. The van der Waals surface area contributed by atoms with Gasteiger partial charge in [0.25, 0.3) is 0 Å². The number of aryl methyl sites for hydroxylation is 1. The van der Waals surface area contributed by atoms with Gasteiger partial charge in [0.15, 0.2) is 0 Å². The molecule has 102 valence electrons. The lowest BCUT2D eigenvalue weighted by molar-refractivity contribution is 0.863. The van der Waals surface area contributed by atoms with E-state index in [-0.39, 0.29) is 6.04 Å². The van der Waals surface area contributed by atoms with Crippen molar-refractivity contribution in [1.29, 1.82) is 5.26 Å². The summed E-state index contributed by atoms with van der Waals surface area (Å²) in [4.78, 5) is 0. The van der Waals surface area contributed by atoms with Gasteiger partial charge >= 0.3 is 0 Å². The van der Waals surface area contributed by atoms with Crippen molar-refractivity contribution >= 4 is 5.69 Å². The Bertz CT molecular complexity index is 589. The first kappa shape index (κ1) is 14.1. The summed E-state index contributed by atoms with van der Waals surface area (Å²) in [6.45, 7) is 6.39. The molecule has 0 aliphatic heterocycles. The normalized spacial score (nSPS) is 11.9. The first-order chi connectivity index (χ1) is 9.60. The Labute approximate surface area is 121 Å². The molecule has 0 bridgehead atoms. The van der Waals surface area contributed by atoms with E-state index < -0.39 is 0 Å². The van der Waals surface area contributed by atoms with Gasteiger partial charge in [-0.15, -0.1) is 0 Å². The number of benzene rings is 2. The highest BCUT2D eigenvalue weighted by Gasteiger charge is 2.10. The van der Waals surface area contributed by atoms with Crippen LogP contribution in [0.4, 0.5) is 5.69 Å². The zero-order chi connectivity index (χ0) is 14.5. The van der Waals surface area contributed by atoms with Gasteiger partial charge in [-0.25, -0.2) is 0 Å². The molecule has 0 aromatic heterocycles. The molecule has 0 saturated heterocycles. The summed E-state index contributed by atoms with van der Waals surface area (Å²) in [5, 5.41) is 12.6. The molecular weight excluding hydrogens is 244 g/mol. The second-order valence-electron chi connectivity index (χ2n) is 5.39. The van der Waals surface area contributed by atoms with Crippen molar-refractivity contribution in [3.8, 4) is 6.07 Å². The van der Waals surface area contributed by atoms with Gasteiger partial charge in [-0.05, 0) is 36.1 Å². The zero-order valence-corrected chi connectivity index (χ0v) is 12.2. The van der Waals surface area contributed by atoms with E-state index in [4.69, 9.17) is 0 Å². The van der Waals surface area contributed by atoms with E-state index in [1.54, 1.807) is 0 Å². The maximum atomic E-state index is 9.36. The molecule has 0 heterocycles. The minimum atomic E-state index is -0.320. The van der Waals surface area contributed by atoms with E-state index >= 15 is 0 Å². The monoisotopic (exact) mass is 264 g/mol. The maximum Gasteiger partial charge on any atom is 0.140 e. The smallest absolute Gasteiger partial charge is 0.140 e. The molecule has 2 aromatic rings. The van der Waals surface area contributed by atoms with Gasteiger partial charge in [0.1, 0.15) is 6.04 Å². The van der Waals surface area contributed by atoms with Gasteiger partial charge in [0.05, 0.1) is 6.07 Å². The topological polar surface area (TPSA) is 35.8 Å². The Hall–Kier alpha value is -2.27. The maximum absolute atomic E-state index is 9.36. The van der Waals surface area contributed by atoms with Crippen molar-refractivity contribution in [3.63, 3.8) is 0 Å². The molecular formula is C18H20N2. The van der Waals surface area contributed by atoms with Crippen LogP contribution in [0.2, 0.25) is 0 Å². The number of rotatable bonds is 4. The van der Waals surface area contributed by atoms with Crippen LogP contribution in [-0.2, 0) is 0 Å². The van der Waals surface area contributed by atoms with E-state index in [0.717, 1.165) is 11.3 Å². The highest BCUT2D eigenvalue weighted by atomic mass is 14.9. The fourth-order valence-corrected chi connectivity index (χ4v) is 2.08. The van der Waals surface area contributed by atoms with Gasteiger partial charge in [0.2, 0.25) is 0 Å². The number of nitrogens with zero attached hydrogens (tertiary/aromatic N) is 1. The van der Waals surface area contributed by atoms with Crippen LogP contribution in [0.15, 0.2) is 48.5 Å². The van der Waals surface area contributed by atoms with Gasteiger partial charge < -0.3 is 5.32 Å². The van der Waals surface area contributed by atoms with Crippen molar-refractivity contribution < 1.29 is 0 Å². The highest BCUT2D eigenvalue weighted by Crippen LogP contribution is 2.22. The molecule has 2 rings (SSSR count). The minimum Gasteiger partial charge on any atom is -0.366 e. The fraction of sp³-hybridized carbons (Fsp3) is 0.278. The minimum absolute atomic E-state index is 0.320. The third kappa shape index (κ3) is 3.39. The molecule has 1 atom stereocenters. The van der Waals surface area contributed by atoms with Crippen molar-refractivity contribution in [2.24, 2.45) is 0 Å². The average Bonchev–Trinajstić information content (AvgIpc) is 2.47. The Morgan fingerprint density at radius 1 is 0.900 bits per heavy atom. The first-order valence-electron chi connectivity index (χ1n) is 6.93. The molecule has 0 amide bonds. The molecule has 0 saturated carbocycles. The Morgan fingerprint density at radius 2 is 1.45 bits per heavy atom. The Morgan fingerprint density at radius 3 is 1.95 bits per heavy atom. The Balaban J connectivity index is 2.16.